The third-order valence-corrected chi connectivity index (χ3v) is 4.53. The monoisotopic (exact) mass is 458 g/mol. The molecule has 0 bridgehead atoms. The van der Waals surface area contributed by atoms with E-state index in [1.54, 1.807) is 36.4 Å². The van der Waals surface area contributed by atoms with Crippen LogP contribution < -0.4 is 5.32 Å². The first kappa shape index (κ1) is 19.4. The molecule has 0 aliphatic rings. The molecule has 0 radical (unpaired) electrons. The molecular formula is C18H11BrClF3N2O2. The van der Waals surface area contributed by atoms with Crippen molar-refractivity contribution in [1.29, 1.82) is 0 Å². The zero-order valence-corrected chi connectivity index (χ0v) is 15.8. The van der Waals surface area contributed by atoms with Crippen molar-refractivity contribution in [2.24, 2.45) is 0 Å². The number of nitrogens with one attached hydrogen (secondary N) is 1. The fraction of sp³-hybridized carbons (Fsp3) is 0.111. The van der Waals surface area contributed by atoms with Gasteiger partial charge in [-0.25, -0.2) is 0 Å². The van der Waals surface area contributed by atoms with E-state index in [0.717, 1.165) is 6.20 Å². The van der Waals surface area contributed by atoms with Crippen molar-refractivity contribution in [2.45, 2.75) is 12.7 Å². The Morgan fingerprint density at radius 1 is 1.11 bits per heavy atom. The molecule has 27 heavy (non-hydrogen) atoms. The van der Waals surface area contributed by atoms with Gasteiger partial charge < -0.3 is 9.88 Å². The molecule has 0 aliphatic carbocycles. The van der Waals surface area contributed by atoms with Crippen molar-refractivity contribution < 1.29 is 22.8 Å². The molecule has 9 heteroatoms. The summed E-state index contributed by atoms with van der Waals surface area (Å²) >= 11 is 8.97. The van der Waals surface area contributed by atoms with Crippen LogP contribution in [0.3, 0.4) is 0 Å². The van der Waals surface area contributed by atoms with Crippen LogP contribution in [0.1, 0.15) is 10.4 Å². The van der Waals surface area contributed by atoms with E-state index in [2.05, 4.69) is 21.2 Å². The topological polar surface area (TPSA) is 51.1 Å². The normalized spacial score (nSPS) is 11.6. The van der Waals surface area contributed by atoms with Crippen molar-refractivity contribution in [3.8, 4) is 0 Å². The zero-order valence-electron chi connectivity index (χ0n) is 13.5. The highest BCUT2D eigenvalue weighted by atomic mass is 79.9. The van der Waals surface area contributed by atoms with E-state index in [-0.39, 0.29) is 11.9 Å². The predicted molar refractivity (Wildman–Crippen MR) is 100 cm³/mol. The molecule has 0 unspecified atom stereocenters. The molecule has 2 aromatic carbocycles. The fourth-order valence-electron chi connectivity index (χ4n) is 2.62. The highest BCUT2D eigenvalue weighted by Crippen LogP contribution is 2.30. The van der Waals surface area contributed by atoms with E-state index in [1.807, 2.05) is 0 Å². The molecular weight excluding hydrogens is 449 g/mol. The van der Waals surface area contributed by atoms with Gasteiger partial charge in [-0.2, -0.15) is 13.2 Å². The average molecular weight is 460 g/mol. The number of nitrogens with zero attached hydrogens (tertiary/aromatic N) is 1. The number of anilines is 1. The van der Waals surface area contributed by atoms with Crippen LogP contribution >= 0.6 is 27.5 Å². The fourth-order valence-corrected chi connectivity index (χ4v) is 3.11. The molecule has 1 N–H and O–H groups in total. The minimum atomic E-state index is -5.01. The lowest BCUT2D eigenvalue weighted by molar-refractivity contribution is -0.116. The van der Waals surface area contributed by atoms with Crippen molar-refractivity contribution in [3.63, 3.8) is 0 Å². The minimum Gasteiger partial charge on any atom is -0.337 e. The number of hydrogen-bond donors (Lipinski definition) is 1. The summed E-state index contributed by atoms with van der Waals surface area (Å²) in [5.41, 5.74) is 0.338. The summed E-state index contributed by atoms with van der Waals surface area (Å²) in [6.07, 6.45) is -3.96. The van der Waals surface area contributed by atoms with Gasteiger partial charge in [-0.3, -0.25) is 9.59 Å². The Labute approximate surface area is 165 Å². The Kier molecular flexibility index (Phi) is 5.30. The first-order valence-electron chi connectivity index (χ1n) is 7.60. The van der Waals surface area contributed by atoms with Crippen LogP contribution in [-0.4, -0.2) is 22.4 Å². The van der Waals surface area contributed by atoms with Crippen LogP contribution in [-0.2, 0) is 11.3 Å². The van der Waals surface area contributed by atoms with Gasteiger partial charge in [0.15, 0.2) is 0 Å². The summed E-state index contributed by atoms with van der Waals surface area (Å²) < 4.78 is 40.5. The highest BCUT2D eigenvalue weighted by molar-refractivity contribution is 9.10. The standard InChI is InChI=1S/C18H11BrClF3N2O2/c19-10-1-6-15-13(7-10)14(17(27)18(21,22)23)8-25(15)9-16(26)24-12-4-2-11(20)3-5-12/h1-8H,9H2,(H,24,26). The maximum absolute atomic E-state index is 12.9. The second-order valence-electron chi connectivity index (χ2n) is 5.71. The Morgan fingerprint density at radius 3 is 2.41 bits per heavy atom. The van der Waals surface area contributed by atoms with Crippen molar-refractivity contribution in [3.05, 3.63) is 63.7 Å². The third kappa shape index (κ3) is 4.33. The lowest BCUT2D eigenvalue weighted by Crippen LogP contribution is -2.22. The Bertz CT molecular complexity index is 1030. The second kappa shape index (κ2) is 7.36. The number of carbonyl (C=O) groups is 2. The molecule has 1 heterocycles. The summed E-state index contributed by atoms with van der Waals surface area (Å²) in [4.78, 5) is 24.0. The van der Waals surface area contributed by atoms with E-state index >= 15 is 0 Å². The molecule has 4 nitrogen and oxygen atoms in total. The number of fused-ring (bicyclic) bond motifs is 1. The van der Waals surface area contributed by atoms with Gasteiger partial charge in [-0.05, 0) is 42.5 Å². The van der Waals surface area contributed by atoms with Crippen molar-refractivity contribution in [2.75, 3.05) is 5.32 Å². The van der Waals surface area contributed by atoms with Gasteiger partial charge in [0.2, 0.25) is 5.91 Å². The van der Waals surface area contributed by atoms with E-state index in [9.17, 15) is 22.8 Å². The molecule has 3 rings (SSSR count). The van der Waals surface area contributed by atoms with Gasteiger partial charge in [-0.15, -0.1) is 0 Å². The number of benzene rings is 2. The van der Waals surface area contributed by atoms with Crippen molar-refractivity contribution >= 4 is 55.8 Å². The number of alkyl halides is 3. The SMILES string of the molecule is O=C(Cn1cc(C(=O)C(F)(F)F)c2cc(Br)ccc21)Nc1ccc(Cl)cc1. The molecule has 0 atom stereocenters. The smallest absolute Gasteiger partial charge is 0.337 e. The largest absolute Gasteiger partial charge is 0.454 e. The highest BCUT2D eigenvalue weighted by Gasteiger charge is 2.40. The van der Waals surface area contributed by atoms with Crippen LogP contribution in [0, 0.1) is 0 Å². The number of aromatic nitrogens is 1. The Hall–Kier alpha value is -2.32. The molecule has 1 aromatic heterocycles. The van der Waals surface area contributed by atoms with E-state index in [4.69, 9.17) is 11.6 Å². The van der Waals surface area contributed by atoms with E-state index in [1.165, 1.54) is 10.6 Å². The van der Waals surface area contributed by atoms with Crippen LogP contribution in [0.15, 0.2) is 53.1 Å². The number of ketones is 1. The predicted octanol–water partition coefficient (Wildman–Crippen LogP) is 5.44. The van der Waals surface area contributed by atoms with Crippen LogP contribution in [0.4, 0.5) is 18.9 Å². The molecule has 0 saturated heterocycles. The van der Waals surface area contributed by atoms with Gasteiger partial charge in [0.05, 0.1) is 5.56 Å². The molecule has 1 amide bonds. The number of rotatable bonds is 4. The maximum atomic E-state index is 12.9. The molecule has 0 saturated carbocycles. The summed E-state index contributed by atoms with van der Waals surface area (Å²) in [6.45, 7) is -0.258. The maximum Gasteiger partial charge on any atom is 0.454 e. The van der Waals surface area contributed by atoms with Crippen LogP contribution in [0.2, 0.25) is 5.02 Å². The quantitative estimate of drug-likeness (QED) is 0.528. The van der Waals surface area contributed by atoms with Gasteiger partial charge in [-0.1, -0.05) is 27.5 Å². The molecule has 3 aromatic rings. The van der Waals surface area contributed by atoms with E-state index in [0.29, 0.717) is 20.7 Å². The Balaban J connectivity index is 1.93. The molecule has 0 aliphatic heterocycles. The van der Waals surface area contributed by atoms with Gasteiger partial charge in [0.1, 0.15) is 6.54 Å². The van der Waals surface area contributed by atoms with E-state index < -0.39 is 23.4 Å². The number of halogens is 5. The lowest BCUT2D eigenvalue weighted by atomic mass is 10.1. The third-order valence-electron chi connectivity index (χ3n) is 3.79. The van der Waals surface area contributed by atoms with Crippen molar-refractivity contribution in [1.82, 2.24) is 4.57 Å². The summed E-state index contributed by atoms with van der Waals surface area (Å²) in [7, 11) is 0. The molecule has 140 valence electrons. The first-order chi connectivity index (χ1) is 12.6. The number of carbonyl (C=O) groups excluding carboxylic acids is 2. The van der Waals surface area contributed by atoms with Crippen LogP contribution in [0.25, 0.3) is 10.9 Å². The van der Waals surface area contributed by atoms with Gasteiger partial charge in [0.25, 0.3) is 5.78 Å². The summed E-state index contributed by atoms with van der Waals surface area (Å²) in [5, 5.41) is 3.25. The van der Waals surface area contributed by atoms with Crippen LogP contribution in [0.5, 0.6) is 0 Å². The molecule has 0 spiro atoms. The lowest BCUT2D eigenvalue weighted by Gasteiger charge is -2.07. The van der Waals surface area contributed by atoms with Gasteiger partial charge in [0, 0.05) is 32.3 Å². The number of Topliss-reactive ketones (excluding diaryl/α,β-unsaturated/α-hetero) is 1. The summed E-state index contributed by atoms with van der Waals surface area (Å²) in [5.74, 6) is -2.41. The summed E-state index contributed by atoms with van der Waals surface area (Å²) in [6, 6.07) is 11.0. The minimum absolute atomic E-state index is 0.117. The second-order valence-corrected chi connectivity index (χ2v) is 7.07. The average Bonchev–Trinajstić information content (AvgIpc) is 2.92. The Morgan fingerprint density at radius 2 is 1.78 bits per heavy atom. The van der Waals surface area contributed by atoms with Gasteiger partial charge >= 0.3 is 6.18 Å². The number of amides is 1. The number of hydrogen-bond acceptors (Lipinski definition) is 2. The zero-order chi connectivity index (χ0) is 19.8. The molecule has 0 fully saturated rings. The first-order valence-corrected chi connectivity index (χ1v) is 8.77.